The van der Waals surface area contributed by atoms with Gasteiger partial charge in [-0.1, -0.05) is 62.2 Å². The Bertz CT molecular complexity index is 750. The highest BCUT2D eigenvalue weighted by atomic mass is 32.1. The number of aryl methyl sites for hydroxylation is 2. The second-order valence-electron chi connectivity index (χ2n) is 7.93. The van der Waals surface area contributed by atoms with Crippen molar-refractivity contribution in [3.8, 4) is 0 Å². The van der Waals surface area contributed by atoms with Crippen LogP contribution in [0.1, 0.15) is 56.2 Å². The third-order valence-electron chi connectivity index (χ3n) is 5.45. The second-order valence-corrected chi connectivity index (χ2v) is 8.38. The van der Waals surface area contributed by atoms with Crippen LogP contribution in [0, 0.1) is 19.8 Å². The van der Waals surface area contributed by atoms with Gasteiger partial charge in [-0.3, -0.25) is 0 Å². The Labute approximate surface area is 183 Å². The molecular formula is C26H37NOS. The summed E-state index contributed by atoms with van der Waals surface area (Å²) in [6, 6.07) is 17.2. The number of anilines is 1. The van der Waals surface area contributed by atoms with E-state index < -0.39 is 0 Å². The fourth-order valence-electron chi connectivity index (χ4n) is 3.80. The Kier molecular flexibility index (Phi) is 9.66. The van der Waals surface area contributed by atoms with Gasteiger partial charge in [0, 0.05) is 5.69 Å². The molecule has 0 N–H and O–H groups in total. The van der Waals surface area contributed by atoms with Gasteiger partial charge >= 0.3 is 0 Å². The highest BCUT2D eigenvalue weighted by Gasteiger charge is 2.23. The van der Waals surface area contributed by atoms with Crippen LogP contribution in [0.3, 0.4) is 0 Å². The lowest BCUT2D eigenvalue weighted by Crippen LogP contribution is -2.30. The standard InChI is InChI=1S/C26H37NOS/c1-6-9-24(16-17-29)26(7-2)28-22(5)27(25-11-8-10-21(4)18-25)19-23-14-12-20(3)13-15-23/h8,10-15,18,24,26,29H,5-7,9,16-17,19H2,1-4H3/t24?,26-/m0/s1. The number of nitrogens with zero attached hydrogens (tertiary/aromatic N) is 1. The van der Waals surface area contributed by atoms with Crippen molar-refractivity contribution in [1.82, 2.24) is 0 Å². The van der Waals surface area contributed by atoms with Gasteiger partial charge in [-0.05, 0) is 74.6 Å². The molecule has 0 fully saturated rings. The van der Waals surface area contributed by atoms with Gasteiger partial charge in [0.1, 0.15) is 6.10 Å². The van der Waals surface area contributed by atoms with E-state index >= 15 is 0 Å². The Morgan fingerprint density at radius 3 is 2.34 bits per heavy atom. The van der Waals surface area contributed by atoms with Crippen LogP contribution >= 0.6 is 12.6 Å². The van der Waals surface area contributed by atoms with E-state index in [4.69, 9.17) is 4.74 Å². The van der Waals surface area contributed by atoms with E-state index in [1.165, 1.54) is 16.7 Å². The first-order chi connectivity index (χ1) is 14.0. The van der Waals surface area contributed by atoms with E-state index in [0.29, 0.717) is 5.92 Å². The molecule has 1 unspecified atom stereocenters. The van der Waals surface area contributed by atoms with Gasteiger partial charge in [0.25, 0.3) is 0 Å². The van der Waals surface area contributed by atoms with E-state index in [0.717, 1.165) is 49.6 Å². The lowest BCUT2D eigenvalue weighted by atomic mass is 9.92. The minimum Gasteiger partial charge on any atom is -0.476 e. The number of hydrogen-bond acceptors (Lipinski definition) is 3. The van der Waals surface area contributed by atoms with Crippen LogP contribution in [-0.2, 0) is 11.3 Å². The van der Waals surface area contributed by atoms with Gasteiger partial charge in [-0.15, -0.1) is 0 Å². The maximum atomic E-state index is 6.52. The molecule has 2 rings (SSSR count). The lowest BCUT2D eigenvalue weighted by Gasteiger charge is -2.33. The first-order valence-corrected chi connectivity index (χ1v) is 11.5. The van der Waals surface area contributed by atoms with Crippen molar-refractivity contribution in [2.24, 2.45) is 5.92 Å². The highest BCUT2D eigenvalue weighted by Crippen LogP contribution is 2.28. The fraction of sp³-hybridized carbons (Fsp3) is 0.462. The first kappa shape index (κ1) is 23.4. The molecule has 0 radical (unpaired) electrons. The number of ether oxygens (including phenoxy) is 1. The number of hydrogen-bond donors (Lipinski definition) is 1. The molecule has 0 saturated heterocycles. The van der Waals surface area contributed by atoms with Crippen molar-refractivity contribution in [2.45, 2.75) is 66.0 Å². The largest absolute Gasteiger partial charge is 0.476 e. The van der Waals surface area contributed by atoms with Gasteiger partial charge in [0.15, 0.2) is 5.88 Å². The molecule has 0 spiro atoms. The molecule has 0 bridgehead atoms. The summed E-state index contributed by atoms with van der Waals surface area (Å²) >= 11 is 4.47. The van der Waals surface area contributed by atoms with Crippen molar-refractivity contribution in [3.63, 3.8) is 0 Å². The molecule has 0 saturated carbocycles. The molecule has 0 heterocycles. The zero-order chi connectivity index (χ0) is 21.2. The molecule has 2 aromatic rings. The molecule has 0 aliphatic carbocycles. The topological polar surface area (TPSA) is 12.5 Å². The predicted molar refractivity (Wildman–Crippen MR) is 130 cm³/mol. The Morgan fingerprint density at radius 2 is 1.76 bits per heavy atom. The number of benzene rings is 2. The van der Waals surface area contributed by atoms with Crippen LogP contribution in [0.15, 0.2) is 61.0 Å². The summed E-state index contributed by atoms with van der Waals surface area (Å²) in [5, 5.41) is 0. The minimum atomic E-state index is 0.167. The van der Waals surface area contributed by atoms with Crippen LogP contribution in [0.25, 0.3) is 0 Å². The van der Waals surface area contributed by atoms with Crippen molar-refractivity contribution in [2.75, 3.05) is 10.7 Å². The summed E-state index contributed by atoms with van der Waals surface area (Å²) in [4.78, 5) is 2.20. The lowest BCUT2D eigenvalue weighted by molar-refractivity contribution is 0.0517. The molecule has 0 amide bonds. The maximum absolute atomic E-state index is 6.52. The van der Waals surface area contributed by atoms with Gasteiger partial charge in [0.05, 0.1) is 6.54 Å². The van der Waals surface area contributed by atoms with Crippen molar-refractivity contribution in [3.05, 3.63) is 77.7 Å². The molecule has 0 aliphatic heterocycles. The number of thiol groups is 1. The van der Waals surface area contributed by atoms with E-state index in [2.05, 4.69) is 100 Å². The van der Waals surface area contributed by atoms with E-state index in [1.54, 1.807) is 0 Å². The quantitative estimate of drug-likeness (QED) is 0.290. The SMILES string of the molecule is C=C(O[C@@H](CC)C(CCC)CCS)N(Cc1ccc(C)cc1)c1cccc(C)c1. The Balaban J connectivity index is 2.26. The van der Waals surface area contributed by atoms with E-state index in [1.807, 2.05) is 0 Å². The zero-order valence-corrected chi connectivity index (χ0v) is 19.4. The average Bonchev–Trinajstić information content (AvgIpc) is 2.71. The monoisotopic (exact) mass is 411 g/mol. The summed E-state index contributed by atoms with van der Waals surface area (Å²) in [7, 11) is 0. The predicted octanol–water partition coefficient (Wildman–Crippen LogP) is 7.31. The number of rotatable bonds is 12. The van der Waals surface area contributed by atoms with Crippen LogP contribution in [0.4, 0.5) is 5.69 Å². The van der Waals surface area contributed by atoms with E-state index in [-0.39, 0.29) is 6.10 Å². The minimum absolute atomic E-state index is 0.167. The summed E-state index contributed by atoms with van der Waals surface area (Å²) in [6.07, 6.45) is 4.54. The zero-order valence-electron chi connectivity index (χ0n) is 18.5. The summed E-state index contributed by atoms with van der Waals surface area (Å²) in [6.45, 7) is 13.8. The van der Waals surface area contributed by atoms with Crippen LogP contribution in [-0.4, -0.2) is 11.9 Å². The summed E-state index contributed by atoms with van der Waals surface area (Å²) < 4.78 is 6.52. The molecule has 2 atom stereocenters. The Morgan fingerprint density at radius 1 is 1.03 bits per heavy atom. The third-order valence-corrected chi connectivity index (χ3v) is 5.71. The van der Waals surface area contributed by atoms with Gasteiger partial charge in [-0.25, -0.2) is 0 Å². The molecule has 0 aliphatic rings. The normalized spacial score (nSPS) is 13.0. The van der Waals surface area contributed by atoms with Crippen LogP contribution in [0.2, 0.25) is 0 Å². The van der Waals surface area contributed by atoms with Gasteiger partial charge < -0.3 is 9.64 Å². The molecule has 29 heavy (non-hydrogen) atoms. The van der Waals surface area contributed by atoms with Crippen LogP contribution < -0.4 is 4.90 Å². The fourth-order valence-corrected chi connectivity index (χ4v) is 4.13. The molecular weight excluding hydrogens is 374 g/mol. The molecule has 2 aromatic carbocycles. The van der Waals surface area contributed by atoms with Gasteiger partial charge in [0.2, 0.25) is 0 Å². The smallest absolute Gasteiger partial charge is 0.186 e. The highest BCUT2D eigenvalue weighted by molar-refractivity contribution is 7.80. The van der Waals surface area contributed by atoms with Crippen molar-refractivity contribution < 1.29 is 4.74 Å². The second kappa shape index (κ2) is 12.0. The summed E-state index contributed by atoms with van der Waals surface area (Å²) in [5.74, 6) is 2.13. The molecule has 2 nitrogen and oxygen atoms in total. The average molecular weight is 412 g/mol. The van der Waals surface area contributed by atoms with Gasteiger partial charge in [-0.2, -0.15) is 12.6 Å². The van der Waals surface area contributed by atoms with Crippen LogP contribution in [0.5, 0.6) is 0 Å². The van der Waals surface area contributed by atoms with Crippen molar-refractivity contribution in [1.29, 1.82) is 0 Å². The first-order valence-electron chi connectivity index (χ1n) is 10.8. The van der Waals surface area contributed by atoms with E-state index in [9.17, 15) is 0 Å². The molecule has 3 heteroatoms. The Hall–Kier alpha value is -1.87. The molecule has 158 valence electrons. The molecule has 0 aromatic heterocycles. The maximum Gasteiger partial charge on any atom is 0.186 e. The third kappa shape index (κ3) is 7.15. The van der Waals surface area contributed by atoms with Crippen molar-refractivity contribution >= 4 is 18.3 Å². The summed E-state index contributed by atoms with van der Waals surface area (Å²) in [5.41, 5.74) is 4.86.